The molecule has 2 aromatic rings. The van der Waals surface area contributed by atoms with E-state index < -0.39 is 5.79 Å². The van der Waals surface area contributed by atoms with Gasteiger partial charge in [0.1, 0.15) is 0 Å². The molecule has 22 heavy (non-hydrogen) atoms. The Morgan fingerprint density at radius 3 is 2.50 bits per heavy atom. The van der Waals surface area contributed by atoms with Gasteiger partial charge in [-0.05, 0) is 24.3 Å². The number of ether oxygens (including phenoxy) is 3. The Morgan fingerprint density at radius 2 is 1.82 bits per heavy atom. The molecule has 0 saturated carbocycles. The summed E-state index contributed by atoms with van der Waals surface area (Å²) in [7, 11) is 1.54. The van der Waals surface area contributed by atoms with Crippen LogP contribution in [0.4, 0.5) is 5.69 Å². The third kappa shape index (κ3) is 2.55. The van der Waals surface area contributed by atoms with E-state index in [0.29, 0.717) is 28.5 Å². The monoisotopic (exact) mass is 300 g/mol. The van der Waals surface area contributed by atoms with Gasteiger partial charge in [0.05, 0.1) is 12.7 Å². The van der Waals surface area contributed by atoms with Crippen LogP contribution in [0.3, 0.4) is 0 Å². The van der Waals surface area contributed by atoms with Crippen molar-refractivity contribution in [3.8, 4) is 17.2 Å². The summed E-state index contributed by atoms with van der Waals surface area (Å²) in [5.41, 5.74) is 1.04. The third-order valence-electron chi connectivity index (χ3n) is 3.17. The maximum atomic E-state index is 12.5. The largest absolute Gasteiger partial charge is 0.493 e. The van der Waals surface area contributed by atoms with Gasteiger partial charge in [-0.3, -0.25) is 9.78 Å². The van der Waals surface area contributed by atoms with E-state index in [1.54, 1.807) is 57.6 Å². The van der Waals surface area contributed by atoms with Crippen molar-refractivity contribution in [2.45, 2.75) is 19.6 Å². The quantitative estimate of drug-likeness (QED) is 0.944. The Balaban J connectivity index is 1.96. The molecule has 1 aromatic carbocycles. The number of carbonyl (C=O) groups excluding carboxylic acids is 1. The zero-order chi connectivity index (χ0) is 15.7. The van der Waals surface area contributed by atoms with E-state index in [0.717, 1.165) is 0 Å². The fraction of sp³-hybridized carbons (Fsp3) is 0.250. The maximum absolute atomic E-state index is 12.5. The number of carbonyl (C=O) groups is 1. The van der Waals surface area contributed by atoms with Crippen LogP contribution in [0.5, 0.6) is 17.2 Å². The fourth-order valence-electron chi connectivity index (χ4n) is 2.23. The lowest BCUT2D eigenvalue weighted by Gasteiger charge is -2.16. The number of aromatic nitrogens is 1. The van der Waals surface area contributed by atoms with Gasteiger partial charge in [0.25, 0.3) is 5.91 Å². The van der Waals surface area contributed by atoms with Gasteiger partial charge in [-0.2, -0.15) is 0 Å². The van der Waals surface area contributed by atoms with Gasteiger partial charge in [-0.25, -0.2) is 0 Å². The molecule has 6 nitrogen and oxygen atoms in total. The van der Waals surface area contributed by atoms with Crippen LogP contribution in [-0.4, -0.2) is 23.8 Å². The van der Waals surface area contributed by atoms with Gasteiger partial charge in [-0.1, -0.05) is 0 Å². The molecule has 1 aliphatic rings. The predicted molar refractivity (Wildman–Crippen MR) is 80.5 cm³/mol. The van der Waals surface area contributed by atoms with E-state index in [1.165, 1.54) is 0 Å². The molecule has 1 aliphatic heterocycles. The van der Waals surface area contributed by atoms with Gasteiger partial charge in [0.2, 0.25) is 11.5 Å². The number of nitrogens with one attached hydrogen (secondary N) is 1. The van der Waals surface area contributed by atoms with E-state index in [2.05, 4.69) is 10.3 Å². The van der Waals surface area contributed by atoms with Gasteiger partial charge < -0.3 is 19.5 Å². The van der Waals surface area contributed by atoms with Crippen LogP contribution in [0, 0.1) is 0 Å². The number of methoxy groups -OCH3 is 1. The number of benzene rings is 1. The Labute approximate surface area is 128 Å². The van der Waals surface area contributed by atoms with Crippen molar-refractivity contribution < 1.29 is 19.0 Å². The second-order valence-corrected chi connectivity index (χ2v) is 5.27. The molecule has 0 spiro atoms. The average molecular weight is 300 g/mol. The van der Waals surface area contributed by atoms with Crippen molar-refractivity contribution >= 4 is 11.6 Å². The standard InChI is InChI=1S/C16H16N2O4/c1-16(2)21-13-11(4-5-12(20-3)14(13)22-16)15(19)18-10-6-8-17-9-7-10/h4-9H,1-3H3,(H,17,18,19). The molecule has 0 radical (unpaired) electrons. The molecule has 0 bridgehead atoms. The summed E-state index contributed by atoms with van der Waals surface area (Å²) in [6, 6.07) is 6.76. The van der Waals surface area contributed by atoms with E-state index >= 15 is 0 Å². The summed E-state index contributed by atoms with van der Waals surface area (Å²) in [5, 5.41) is 2.80. The van der Waals surface area contributed by atoms with Crippen molar-refractivity contribution in [3.63, 3.8) is 0 Å². The lowest BCUT2D eigenvalue weighted by Crippen LogP contribution is -2.30. The van der Waals surface area contributed by atoms with E-state index in [1.807, 2.05) is 0 Å². The molecule has 6 heteroatoms. The highest BCUT2D eigenvalue weighted by molar-refractivity contribution is 6.07. The van der Waals surface area contributed by atoms with E-state index in [9.17, 15) is 4.79 Å². The molecule has 0 fully saturated rings. The first kappa shape index (κ1) is 14.2. The maximum Gasteiger partial charge on any atom is 0.259 e. The van der Waals surface area contributed by atoms with Gasteiger partial charge in [0, 0.05) is 31.9 Å². The number of nitrogens with zero attached hydrogens (tertiary/aromatic N) is 1. The van der Waals surface area contributed by atoms with Crippen molar-refractivity contribution in [3.05, 3.63) is 42.2 Å². The molecular weight excluding hydrogens is 284 g/mol. The first-order valence-electron chi connectivity index (χ1n) is 6.80. The minimum Gasteiger partial charge on any atom is -0.493 e. The molecule has 0 atom stereocenters. The molecule has 0 aliphatic carbocycles. The highest BCUT2D eigenvalue weighted by atomic mass is 16.7. The number of fused-ring (bicyclic) bond motifs is 1. The molecule has 2 heterocycles. The van der Waals surface area contributed by atoms with Crippen LogP contribution >= 0.6 is 0 Å². The van der Waals surface area contributed by atoms with Gasteiger partial charge in [-0.15, -0.1) is 0 Å². The molecule has 1 aromatic heterocycles. The summed E-state index contributed by atoms with van der Waals surface area (Å²) in [6.07, 6.45) is 3.22. The molecule has 1 amide bonds. The molecule has 0 unspecified atom stereocenters. The van der Waals surface area contributed by atoms with Crippen molar-refractivity contribution in [1.82, 2.24) is 4.98 Å². The highest BCUT2D eigenvalue weighted by Gasteiger charge is 2.37. The van der Waals surface area contributed by atoms with E-state index in [4.69, 9.17) is 14.2 Å². The molecule has 114 valence electrons. The zero-order valence-corrected chi connectivity index (χ0v) is 12.5. The lowest BCUT2D eigenvalue weighted by molar-refractivity contribution is -0.0441. The summed E-state index contributed by atoms with van der Waals surface area (Å²) in [4.78, 5) is 16.4. The third-order valence-corrected chi connectivity index (χ3v) is 3.17. The van der Waals surface area contributed by atoms with Crippen LogP contribution in [0.1, 0.15) is 24.2 Å². The number of hydrogen-bond donors (Lipinski definition) is 1. The fourth-order valence-corrected chi connectivity index (χ4v) is 2.23. The number of amides is 1. The number of rotatable bonds is 3. The summed E-state index contributed by atoms with van der Waals surface area (Å²) in [6.45, 7) is 3.55. The van der Waals surface area contributed by atoms with Crippen molar-refractivity contribution in [2.24, 2.45) is 0 Å². The summed E-state index contributed by atoms with van der Waals surface area (Å²) < 4.78 is 16.7. The lowest BCUT2D eigenvalue weighted by atomic mass is 10.1. The first-order valence-corrected chi connectivity index (χ1v) is 6.80. The molecule has 3 rings (SSSR count). The Hall–Kier alpha value is -2.76. The van der Waals surface area contributed by atoms with E-state index in [-0.39, 0.29) is 5.91 Å². The Morgan fingerprint density at radius 1 is 1.14 bits per heavy atom. The van der Waals surface area contributed by atoms with Crippen LogP contribution in [0.2, 0.25) is 0 Å². The minimum absolute atomic E-state index is 0.286. The zero-order valence-electron chi connectivity index (χ0n) is 12.5. The molecular formula is C16H16N2O4. The predicted octanol–water partition coefficient (Wildman–Crippen LogP) is 2.85. The Bertz CT molecular complexity index is 714. The number of anilines is 1. The number of hydrogen-bond acceptors (Lipinski definition) is 5. The molecule has 0 saturated heterocycles. The average Bonchev–Trinajstić information content (AvgIpc) is 2.82. The number of pyridine rings is 1. The SMILES string of the molecule is COc1ccc(C(=O)Nc2ccncc2)c2c1OC(C)(C)O2. The van der Waals surface area contributed by atoms with Gasteiger partial charge in [0.15, 0.2) is 11.5 Å². The smallest absolute Gasteiger partial charge is 0.259 e. The van der Waals surface area contributed by atoms with Gasteiger partial charge >= 0.3 is 0 Å². The van der Waals surface area contributed by atoms with Crippen molar-refractivity contribution in [1.29, 1.82) is 0 Å². The minimum atomic E-state index is -0.845. The second kappa shape index (κ2) is 5.22. The second-order valence-electron chi connectivity index (χ2n) is 5.27. The molecule has 1 N–H and O–H groups in total. The van der Waals surface area contributed by atoms with Crippen LogP contribution < -0.4 is 19.5 Å². The normalized spacial score (nSPS) is 14.5. The Kier molecular flexibility index (Phi) is 3.36. The summed E-state index contributed by atoms with van der Waals surface area (Å²) >= 11 is 0. The highest BCUT2D eigenvalue weighted by Crippen LogP contribution is 2.48. The van der Waals surface area contributed by atoms with Crippen LogP contribution in [-0.2, 0) is 0 Å². The summed E-state index contributed by atoms with van der Waals surface area (Å²) in [5.74, 6) is 0.223. The van der Waals surface area contributed by atoms with Crippen LogP contribution in [0.15, 0.2) is 36.7 Å². The topological polar surface area (TPSA) is 69.7 Å². The van der Waals surface area contributed by atoms with Crippen LogP contribution in [0.25, 0.3) is 0 Å². The van der Waals surface area contributed by atoms with Crippen molar-refractivity contribution in [2.75, 3.05) is 12.4 Å². The first-order chi connectivity index (χ1) is 10.5.